The van der Waals surface area contributed by atoms with Gasteiger partial charge in [0.2, 0.25) is 0 Å². The van der Waals surface area contributed by atoms with Crippen molar-refractivity contribution in [2.24, 2.45) is 0 Å². The summed E-state index contributed by atoms with van der Waals surface area (Å²) >= 11 is 0. The highest BCUT2D eigenvalue weighted by Crippen LogP contribution is 2.21. The van der Waals surface area contributed by atoms with E-state index >= 15 is 0 Å². The Balaban J connectivity index is 2.04. The van der Waals surface area contributed by atoms with E-state index in [0.29, 0.717) is 6.04 Å². The van der Waals surface area contributed by atoms with Crippen molar-refractivity contribution in [3.63, 3.8) is 0 Å². The van der Waals surface area contributed by atoms with Crippen LogP contribution in [0.1, 0.15) is 32.0 Å². The number of piperazine rings is 1. The molecule has 1 aliphatic rings. The van der Waals surface area contributed by atoms with E-state index in [0.717, 1.165) is 31.9 Å². The van der Waals surface area contributed by atoms with E-state index < -0.39 is 0 Å². The summed E-state index contributed by atoms with van der Waals surface area (Å²) in [7, 11) is 0. The molecule has 102 valence electrons. The van der Waals surface area contributed by atoms with Crippen LogP contribution in [0.15, 0.2) is 24.4 Å². The molecule has 0 spiro atoms. The molecule has 2 rings (SSSR count). The second-order valence-electron chi connectivity index (χ2n) is 5.17. The van der Waals surface area contributed by atoms with Crippen LogP contribution in [0.4, 0.5) is 0 Å². The van der Waals surface area contributed by atoms with E-state index in [1.165, 1.54) is 6.42 Å². The fraction of sp³-hybridized carbons (Fsp3) is 0.600. The van der Waals surface area contributed by atoms with E-state index in [1.54, 1.807) is 6.20 Å². The highest BCUT2D eigenvalue weighted by atomic mass is 15.3. The van der Waals surface area contributed by atoms with E-state index in [2.05, 4.69) is 34.7 Å². The van der Waals surface area contributed by atoms with Crippen LogP contribution in [0.5, 0.6) is 0 Å². The first kappa shape index (κ1) is 14.0. The summed E-state index contributed by atoms with van der Waals surface area (Å²) in [6, 6.07) is 8.47. The summed E-state index contributed by atoms with van der Waals surface area (Å²) < 4.78 is 0. The molecule has 1 saturated heterocycles. The van der Waals surface area contributed by atoms with E-state index in [-0.39, 0.29) is 6.04 Å². The Morgan fingerprint density at radius 1 is 1.47 bits per heavy atom. The molecule has 0 N–H and O–H groups in total. The van der Waals surface area contributed by atoms with Crippen LogP contribution in [-0.4, -0.2) is 47.0 Å². The van der Waals surface area contributed by atoms with Crippen molar-refractivity contribution in [1.82, 2.24) is 14.8 Å². The predicted molar refractivity (Wildman–Crippen MR) is 75.5 cm³/mol. The predicted octanol–water partition coefficient (Wildman–Crippen LogP) is 2.06. The Hall–Kier alpha value is -1.44. The van der Waals surface area contributed by atoms with Crippen LogP contribution in [0.2, 0.25) is 0 Å². The van der Waals surface area contributed by atoms with Gasteiger partial charge in [0, 0.05) is 31.9 Å². The lowest BCUT2D eigenvalue weighted by molar-refractivity contribution is 0.0681. The Kier molecular flexibility index (Phi) is 4.89. The summed E-state index contributed by atoms with van der Waals surface area (Å²) in [5.74, 6) is 0. The number of nitriles is 1. The van der Waals surface area contributed by atoms with Crippen LogP contribution >= 0.6 is 0 Å². The van der Waals surface area contributed by atoms with Gasteiger partial charge in [0.1, 0.15) is 6.04 Å². The molecule has 1 fully saturated rings. The molecule has 4 nitrogen and oxygen atoms in total. The van der Waals surface area contributed by atoms with Crippen LogP contribution in [0.25, 0.3) is 0 Å². The minimum Gasteiger partial charge on any atom is -0.298 e. The maximum atomic E-state index is 9.44. The molecule has 0 bridgehead atoms. The van der Waals surface area contributed by atoms with Gasteiger partial charge in [0.05, 0.1) is 11.8 Å². The fourth-order valence-electron chi connectivity index (χ4n) is 2.75. The van der Waals surface area contributed by atoms with E-state index in [4.69, 9.17) is 0 Å². The number of nitrogens with zero attached hydrogens (tertiary/aromatic N) is 4. The van der Waals surface area contributed by atoms with Gasteiger partial charge in [0.15, 0.2) is 0 Å². The Labute approximate surface area is 115 Å². The van der Waals surface area contributed by atoms with Crippen LogP contribution < -0.4 is 0 Å². The van der Waals surface area contributed by atoms with Gasteiger partial charge in [-0.05, 0) is 32.0 Å². The maximum Gasteiger partial charge on any atom is 0.141 e. The van der Waals surface area contributed by atoms with Crippen molar-refractivity contribution < 1.29 is 0 Å². The van der Waals surface area contributed by atoms with Crippen molar-refractivity contribution in [3.05, 3.63) is 30.1 Å². The van der Waals surface area contributed by atoms with E-state index in [9.17, 15) is 5.26 Å². The largest absolute Gasteiger partial charge is 0.298 e. The topological polar surface area (TPSA) is 43.2 Å². The smallest absolute Gasteiger partial charge is 0.141 e. The second-order valence-corrected chi connectivity index (χ2v) is 5.17. The molecule has 19 heavy (non-hydrogen) atoms. The summed E-state index contributed by atoms with van der Waals surface area (Å²) in [6.07, 6.45) is 2.95. The maximum absolute atomic E-state index is 9.44. The van der Waals surface area contributed by atoms with Gasteiger partial charge < -0.3 is 0 Å². The molecule has 0 radical (unpaired) electrons. The Bertz CT molecular complexity index is 426. The molecular weight excluding hydrogens is 236 g/mol. The third-order valence-electron chi connectivity index (χ3n) is 3.76. The second kappa shape index (κ2) is 6.65. The molecule has 1 aromatic heterocycles. The highest BCUT2D eigenvalue weighted by Gasteiger charge is 2.29. The fourth-order valence-corrected chi connectivity index (χ4v) is 2.75. The normalized spacial score (nSPS) is 22.9. The molecule has 0 aliphatic carbocycles. The number of rotatable bonds is 4. The highest BCUT2D eigenvalue weighted by molar-refractivity contribution is 5.16. The first-order valence-corrected chi connectivity index (χ1v) is 7.05. The molecule has 0 aromatic carbocycles. The average molecular weight is 258 g/mol. The molecule has 0 saturated carbocycles. The standard InChI is InChI=1S/C15H22N4/c1-3-8-18-9-10-19(12-13(18)2)15(11-16)14-6-4-5-7-17-14/h4-7,13,15H,3,8-10,12H2,1-2H3. The Morgan fingerprint density at radius 2 is 2.32 bits per heavy atom. The van der Waals surface area contributed by atoms with E-state index in [1.807, 2.05) is 18.2 Å². The molecule has 2 atom stereocenters. The third-order valence-corrected chi connectivity index (χ3v) is 3.76. The van der Waals surface area contributed by atoms with Gasteiger partial charge >= 0.3 is 0 Å². The van der Waals surface area contributed by atoms with Crippen molar-refractivity contribution in [2.75, 3.05) is 26.2 Å². The third kappa shape index (κ3) is 3.31. The minimum absolute atomic E-state index is 0.215. The van der Waals surface area contributed by atoms with Gasteiger partial charge in [0.25, 0.3) is 0 Å². The lowest BCUT2D eigenvalue weighted by Gasteiger charge is -2.41. The summed E-state index contributed by atoms with van der Waals surface area (Å²) in [4.78, 5) is 9.08. The molecule has 1 aromatic rings. The van der Waals surface area contributed by atoms with Crippen LogP contribution in [0.3, 0.4) is 0 Å². The lowest BCUT2D eigenvalue weighted by atomic mass is 10.1. The van der Waals surface area contributed by atoms with Crippen LogP contribution in [0, 0.1) is 11.3 Å². The number of pyridine rings is 1. The van der Waals surface area contributed by atoms with Crippen LogP contribution in [-0.2, 0) is 0 Å². The first-order chi connectivity index (χ1) is 9.26. The minimum atomic E-state index is -0.215. The molecule has 2 heterocycles. The summed E-state index contributed by atoms with van der Waals surface area (Å²) in [5, 5.41) is 9.44. The lowest BCUT2D eigenvalue weighted by Crippen LogP contribution is -2.52. The monoisotopic (exact) mass is 258 g/mol. The van der Waals surface area contributed by atoms with Gasteiger partial charge in [-0.15, -0.1) is 0 Å². The van der Waals surface area contributed by atoms with Gasteiger partial charge in [-0.25, -0.2) is 0 Å². The van der Waals surface area contributed by atoms with Crippen molar-refractivity contribution in [1.29, 1.82) is 5.26 Å². The molecule has 2 unspecified atom stereocenters. The summed E-state index contributed by atoms with van der Waals surface area (Å²) in [5.41, 5.74) is 0.862. The van der Waals surface area contributed by atoms with Crippen molar-refractivity contribution in [2.45, 2.75) is 32.4 Å². The molecule has 1 aliphatic heterocycles. The number of aromatic nitrogens is 1. The van der Waals surface area contributed by atoms with Gasteiger partial charge in [-0.1, -0.05) is 13.0 Å². The Morgan fingerprint density at radius 3 is 2.89 bits per heavy atom. The molecular formula is C15H22N4. The molecule has 4 heteroatoms. The van der Waals surface area contributed by atoms with Crippen molar-refractivity contribution in [3.8, 4) is 6.07 Å². The zero-order chi connectivity index (χ0) is 13.7. The quantitative estimate of drug-likeness (QED) is 0.829. The summed E-state index contributed by atoms with van der Waals surface area (Å²) in [6.45, 7) is 8.53. The SMILES string of the molecule is CCCN1CCN(C(C#N)c2ccccn2)CC1C. The zero-order valence-electron chi connectivity index (χ0n) is 11.8. The van der Waals surface area contributed by atoms with Gasteiger partial charge in [-0.2, -0.15) is 5.26 Å². The van der Waals surface area contributed by atoms with Crippen molar-refractivity contribution >= 4 is 0 Å². The number of hydrogen-bond acceptors (Lipinski definition) is 4. The first-order valence-electron chi connectivity index (χ1n) is 7.05. The van der Waals surface area contributed by atoms with Gasteiger partial charge in [-0.3, -0.25) is 14.8 Å². The molecule has 0 amide bonds. The zero-order valence-corrected chi connectivity index (χ0v) is 11.8. The average Bonchev–Trinajstić information content (AvgIpc) is 2.44. The number of hydrogen-bond donors (Lipinski definition) is 0.